The molecule has 0 unspecified atom stereocenters. The number of para-hydroxylation sites is 2. The summed E-state index contributed by atoms with van der Waals surface area (Å²) in [5.74, 6) is 1.01. The summed E-state index contributed by atoms with van der Waals surface area (Å²) >= 11 is 0. The van der Waals surface area contributed by atoms with Gasteiger partial charge in [-0.25, -0.2) is 4.98 Å². The fourth-order valence-electron chi connectivity index (χ4n) is 2.63. The van der Waals surface area contributed by atoms with E-state index in [1.54, 1.807) is 0 Å². The lowest BCUT2D eigenvalue weighted by Crippen LogP contribution is -2.28. The minimum atomic E-state index is -0.111. The van der Waals surface area contributed by atoms with Gasteiger partial charge >= 0.3 is 0 Å². The maximum Gasteiger partial charge on any atom is 0.258 e. The van der Waals surface area contributed by atoms with E-state index < -0.39 is 0 Å². The van der Waals surface area contributed by atoms with Crippen LogP contribution in [0.1, 0.15) is 33.6 Å². The predicted molar refractivity (Wildman–Crippen MR) is 84.3 cm³/mol. The lowest BCUT2D eigenvalue weighted by Gasteiger charge is -2.12. The Morgan fingerprint density at radius 3 is 2.81 bits per heavy atom. The fourth-order valence-corrected chi connectivity index (χ4v) is 2.63. The molecule has 1 atom stereocenters. The number of rotatable bonds is 4. The van der Waals surface area contributed by atoms with Gasteiger partial charge in [0.1, 0.15) is 0 Å². The van der Waals surface area contributed by atoms with Crippen LogP contribution in [0.4, 0.5) is 5.95 Å². The molecule has 21 heavy (non-hydrogen) atoms. The molecule has 0 aliphatic carbocycles. The molecular weight excluding hydrogens is 264 g/mol. The molecular formula is C16H20N4O. The molecule has 0 bridgehead atoms. The van der Waals surface area contributed by atoms with E-state index in [9.17, 15) is 4.79 Å². The van der Waals surface area contributed by atoms with Crippen molar-refractivity contribution in [3.63, 3.8) is 0 Å². The number of H-pyrrole nitrogens is 1. The summed E-state index contributed by atoms with van der Waals surface area (Å²) in [6.07, 6.45) is 1.87. The summed E-state index contributed by atoms with van der Waals surface area (Å²) in [5, 5.41) is 5.82. The third kappa shape index (κ3) is 2.55. The van der Waals surface area contributed by atoms with Crippen molar-refractivity contribution in [1.29, 1.82) is 0 Å². The van der Waals surface area contributed by atoms with Crippen molar-refractivity contribution < 1.29 is 4.79 Å². The van der Waals surface area contributed by atoms with Gasteiger partial charge in [0, 0.05) is 5.71 Å². The van der Waals surface area contributed by atoms with Crippen LogP contribution < -0.4 is 5.01 Å². The van der Waals surface area contributed by atoms with E-state index in [0.717, 1.165) is 29.6 Å². The van der Waals surface area contributed by atoms with E-state index in [1.165, 1.54) is 5.01 Å². The third-order valence-electron chi connectivity index (χ3n) is 3.88. The van der Waals surface area contributed by atoms with Crippen LogP contribution in [0.5, 0.6) is 0 Å². The van der Waals surface area contributed by atoms with Crippen LogP contribution in [0, 0.1) is 11.8 Å². The number of carbonyl (C=O) groups is 1. The zero-order chi connectivity index (χ0) is 15.0. The highest BCUT2D eigenvalue weighted by molar-refractivity contribution is 6.14. The number of carbonyl (C=O) groups excluding carboxylic acids is 1. The van der Waals surface area contributed by atoms with Crippen LogP contribution in [0.25, 0.3) is 11.0 Å². The van der Waals surface area contributed by atoms with Crippen molar-refractivity contribution in [3.8, 4) is 0 Å². The number of amides is 1. The SMILES string of the molecule is CC1=NN(c2nc3ccccc3[nH]2)C(=O)[C@@H]1CCC(C)C. The topological polar surface area (TPSA) is 61.4 Å². The molecule has 110 valence electrons. The van der Waals surface area contributed by atoms with Gasteiger partial charge in [0.2, 0.25) is 5.95 Å². The number of aromatic amines is 1. The van der Waals surface area contributed by atoms with Crippen molar-refractivity contribution >= 4 is 28.6 Å². The highest BCUT2D eigenvalue weighted by Gasteiger charge is 2.35. The number of hydrazone groups is 1. The molecule has 0 fully saturated rings. The first kappa shape index (κ1) is 13.8. The standard InChI is InChI=1S/C16H20N4O/c1-10(2)8-9-12-11(3)19-20(15(12)21)16-17-13-6-4-5-7-14(13)18-16/h4-7,10,12H,8-9H2,1-3H3,(H,17,18)/t12-/m1/s1. The number of nitrogens with one attached hydrogen (secondary N) is 1. The van der Waals surface area contributed by atoms with E-state index >= 15 is 0 Å². The van der Waals surface area contributed by atoms with Crippen LogP contribution in [-0.2, 0) is 4.79 Å². The van der Waals surface area contributed by atoms with Gasteiger partial charge in [-0.05, 0) is 37.8 Å². The van der Waals surface area contributed by atoms with Gasteiger partial charge in [-0.15, -0.1) is 0 Å². The Morgan fingerprint density at radius 1 is 1.33 bits per heavy atom. The molecule has 1 N–H and O–H groups in total. The summed E-state index contributed by atoms with van der Waals surface area (Å²) in [4.78, 5) is 20.2. The van der Waals surface area contributed by atoms with Crippen molar-refractivity contribution in [2.24, 2.45) is 16.9 Å². The fraction of sp³-hybridized carbons (Fsp3) is 0.438. The molecule has 0 saturated carbocycles. The molecule has 0 saturated heterocycles. The van der Waals surface area contributed by atoms with Crippen LogP contribution in [0.2, 0.25) is 0 Å². The number of fused-ring (bicyclic) bond motifs is 1. The van der Waals surface area contributed by atoms with Gasteiger partial charge in [0.25, 0.3) is 5.91 Å². The quantitative estimate of drug-likeness (QED) is 0.936. The first-order chi connectivity index (χ1) is 10.1. The maximum absolute atomic E-state index is 12.6. The Morgan fingerprint density at radius 2 is 2.10 bits per heavy atom. The highest BCUT2D eigenvalue weighted by Crippen LogP contribution is 2.27. The van der Waals surface area contributed by atoms with E-state index in [1.807, 2.05) is 31.2 Å². The number of anilines is 1. The molecule has 5 nitrogen and oxygen atoms in total. The Balaban J connectivity index is 1.85. The summed E-state index contributed by atoms with van der Waals surface area (Å²) in [6, 6.07) is 7.73. The van der Waals surface area contributed by atoms with E-state index in [-0.39, 0.29) is 11.8 Å². The van der Waals surface area contributed by atoms with Gasteiger partial charge in [-0.3, -0.25) is 4.79 Å². The molecule has 2 heterocycles. The molecule has 5 heteroatoms. The van der Waals surface area contributed by atoms with E-state index in [2.05, 4.69) is 28.9 Å². The monoisotopic (exact) mass is 284 g/mol. The van der Waals surface area contributed by atoms with Crippen LogP contribution >= 0.6 is 0 Å². The first-order valence-electron chi connectivity index (χ1n) is 7.40. The largest absolute Gasteiger partial charge is 0.322 e. The number of nitrogens with zero attached hydrogens (tertiary/aromatic N) is 3. The normalized spacial score (nSPS) is 18.9. The van der Waals surface area contributed by atoms with Gasteiger partial charge < -0.3 is 4.98 Å². The second-order valence-electron chi connectivity index (χ2n) is 5.99. The third-order valence-corrected chi connectivity index (χ3v) is 3.88. The summed E-state index contributed by atoms with van der Waals surface area (Å²) < 4.78 is 0. The lowest BCUT2D eigenvalue weighted by molar-refractivity contribution is -0.120. The number of imidazole rings is 1. The van der Waals surface area contributed by atoms with Crippen molar-refractivity contribution in [2.45, 2.75) is 33.6 Å². The van der Waals surface area contributed by atoms with Crippen LogP contribution in [-0.4, -0.2) is 21.6 Å². The van der Waals surface area contributed by atoms with Gasteiger partial charge in [-0.1, -0.05) is 26.0 Å². The second kappa shape index (κ2) is 5.31. The molecule has 0 radical (unpaired) electrons. The Kier molecular flexibility index (Phi) is 3.49. The maximum atomic E-state index is 12.6. The second-order valence-corrected chi connectivity index (χ2v) is 5.99. The van der Waals surface area contributed by atoms with Crippen LogP contribution in [0.3, 0.4) is 0 Å². The molecule has 2 aromatic rings. The number of hydrogen-bond acceptors (Lipinski definition) is 3. The van der Waals surface area contributed by atoms with Crippen molar-refractivity contribution in [2.75, 3.05) is 5.01 Å². The number of hydrogen-bond donors (Lipinski definition) is 1. The number of benzene rings is 1. The molecule has 1 aliphatic heterocycles. The van der Waals surface area contributed by atoms with Gasteiger partial charge in [-0.2, -0.15) is 10.1 Å². The molecule has 1 aliphatic rings. The van der Waals surface area contributed by atoms with E-state index in [4.69, 9.17) is 0 Å². The first-order valence-corrected chi connectivity index (χ1v) is 7.40. The average Bonchev–Trinajstić information content (AvgIpc) is 2.98. The molecule has 0 spiro atoms. The zero-order valence-corrected chi connectivity index (χ0v) is 12.6. The molecule has 1 amide bonds. The minimum absolute atomic E-state index is 0.0206. The highest BCUT2D eigenvalue weighted by atomic mass is 16.2. The number of aromatic nitrogens is 2. The Bertz CT molecular complexity index is 668. The summed E-state index contributed by atoms with van der Waals surface area (Å²) in [7, 11) is 0. The Hall–Kier alpha value is -2.17. The van der Waals surface area contributed by atoms with Crippen molar-refractivity contribution in [1.82, 2.24) is 9.97 Å². The zero-order valence-electron chi connectivity index (χ0n) is 12.6. The van der Waals surface area contributed by atoms with Gasteiger partial charge in [0.05, 0.1) is 17.0 Å². The predicted octanol–water partition coefficient (Wildman–Crippen LogP) is 3.34. The minimum Gasteiger partial charge on any atom is -0.322 e. The van der Waals surface area contributed by atoms with E-state index in [0.29, 0.717) is 11.9 Å². The summed E-state index contributed by atoms with van der Waals surface area (Å²) in [6.45, 7) is 6.26. The van der Waals surface area contributed by atoms with Crippen LogP contribution in [0.15, 0.2) is 29.4 Å². The lowest BCUT2D eigenvalue weighted by atomic mass is 9.94. The Labute approximate surface area is 124 Å². The molecule has 1 aromatic heterocycles. The van der Waals surface area contributed by atoms with Gasteiger partial charge in [0.15, 0.2) is 0 Å². The molecule has 1 aromatic carbocycles. The smallest absolute Gasteiger partial charge is 0.258 e. The molecule has 3 rings (SSSR count). The van der Waals surface area contributed by atoms with Crippen molar-refractivity contribution in [3.05, 3.63) is 24.3 Å². The summed E-state index contributed by atoms with van der Waals surface area (Å²) in [5.41, 5.74) is 2.64. The average molecular weight is 284 g/mol.